The van der Waals surface area contributed by atoms with E-state index in [1.807, 2.05) is 6.92 Å². The van der Waals surface area contributed by atoms with Gasteiger partial charge in [0.25, 0.3) is 0 Å². The van der Waals surface area contributed by atoms with Gasteiger partial charge in [-0.15, -0.1) is 0 Å². The van der Waals surface area contributed by atoms with Gasteiger partial charge in [-0.1, -0.05) is 33.1 Å². The Morgan fingerprint density at radius 3 is 2.15 bits per heavy atom. The molecule has 112 valence electrons. The number of amides is 1. The third-order valence-corrected chi connectivity index (χ3v) is 1.44. The summed E-state index contributed by atoms with van der Waals surface area (Å²) in [4.78, 5) is 20.4. The van der Waals surface area contributed by atoms with Crippen LogP contribution >= 0.6 is 0 Å². The molecule has 0 spiro atoms. The third-order valence-electron chi connectivity index (χ3n) is 1.44. The fourth-order valence-corrected chi connectivity index (χ4v) is 0.526. The van der Waals surface area contributed by atoms with Crippen molar-refractivity contribution in [3.05, 3.63) is 38.0 Å². The van der Waals surface area contributed by atoms with E-state index in [4.69, 9.17) is 10.4 Å². The minimum absolute atomic E-state index is 0.329. The fraction of sp³-hybridized carbons (Fsp3) is 0.357. The quantitative estimate of drug-likeness (QED) is 0.252. The number of carbonyl (C=O) groups is 2. The number of nitrogens with zero attached hydrogens (tertiary/aromatic N) is 1. The highest BCUT2D eigenvalue weighted by Crippen LogP contribution is 1.88. The van der Waals surface area contributed by atoms with Gasteiger partial charge in [0.1, 0.15) is 6.73 Å². The lowest BCUT2D eigenvalue weighted by Crippen LogP contribution is -2.20. The number of ether oxygens (including phenoxy) is 1. The zero-order chi connectivity index (χ0) is 16.2. The molecule has 0 saturated carbocycles. The first-order chi connectivity index (χ1) is 9.53. The van der Waals surface area contributed by atoms with Crippen molar-refractivity contribution < 1.29 is 19.4 Å². The zero-order valence-corrected chi connectivity index (χ0v) is 11.8. The number of unbranched alkanes of at least 4 members (excludes halogenated alkanes) is 1. The first-order valence-corrected chi connectivity index (χ1v) is 5.84. The first kappa shape index (κ1) is 22.8. The lowest BCUT2D eigenvalue weighted by atomic mass is 10.4. The zero-order valence-electron chi connectivity index (χ0n) is 11.8. The number of aliphatic hydroxyl groups excluding tert-OH is 1. The monoisotopic (exact) mass is 282 g/mol. The van der Waals surface area contributed by atoms with E-state index < -0.39 is 0 Å². The maximum atomic E-state index is 10.3. The Kier molecular flexibility index (Phi) is 24.9. The molecular formula is C14H22N2O4. The van der Waals surface area contributed by atoms with E-state index >= 15 is 0 Å². The maximum Gasteiger partial charge on any atom is 0.330 e. The minimum Gasteiger partial charge on any atom is -0.463 e. The summed E-state index contributed by atoms with van der Waals surface area (Å²) in [5.74, 6) is -0.689. The van der Waals surface area contributed by atoms with Crippen LogP contribution in [0.5, 0.6) is 0 Å². The van der Waals surface area contributed by atoms with Crippen molar-refractivity contribution in [1.82, 2.24) is 5.32 Å². The number of allylic oxidation sites excluding steroid dienone is 1. The van der Waals surface area contributed by atoms with Crippen LogP contribution in [0, 0.1) is 11.3 Å². The molecule has 0 unspecified atom stereocenters. The molecule has 0 saturated heterocycles. The minimum atomic E-state index is -0.359. The van der Waals surface area contributed by atoms with E-state index in [1.165, 1.54) is 12.2 Å². The van der Waals surface area contributed by atoms with Gasteiger partial charge in [-0.3, -0.25) is 4.79 Å². The van der Waals surface area contributed by atoms with Gasteiger partial charge in [-0.25, -0.2) is 4.79 Å². The summed E-state index contributed by atoms with van der Waals surface area (Å²) in [7, 11) is 0. The Hall–Kier alpha value is -2.39. The van der Waals surface area contributed by atoms with Crippen LogP contribution in [0.25, 0.3) is 0 Å². The van der Waals surface area contributed by atoms with E-state index in [0.29, 0.717) is 6.61 Å². The van der Waals surface area contributed by atoms with Gasteiger partial charge < -0.3 is 15.2 Å². The van der Waals surface area contributed by atoms with Crippen LogP contribution < -0.4 is 5.32 Å². The van der Waals surface area contributed by atoms with E-state index in [9.17, 15) is 9.59 Å². The molecule has 6 nitrogen and oxygen atoms in total. The molecule has 1 amide bonds. The van der Waals surface area contributed by atoms with Gasteiger partial charge in [0, 0.05) is 12.2 Å². The number of rotatable bonds is 6. The molecule has 6 heteroatoms. The third kappa shape index (κ3) is 29.6. The van der Waals surface area contributed by atoms with Crippen molar-refractivity contribution in [3.63, 3.8) is 0 Å². The molecule has 0 aromatic carbocycles. The Bertz CT molecular complexity index is 333. The average Bonchev–Trinajstić information content (AvgIpc) is 2.48. The second kappa shape index (κ2) is 21.9. The molecule has 0 aliphatic heterocycles. The highest BCUT2D eigenvalue weighted by Gasteiger charge is 1.91. The Morgan fingerprint density at radius 2 is 1.90 bits per heavy atom. The van der Waals surface area contributed by atoms with E-state index in [1.54, 1.807) is 6.07 Å². The Labute approximate surface area is 120 Å². The van der Waals surface area contributed by atoms with E-state index in [2.05, 4.69) is 29.8 Å². The van der Waals surface area contributed by atoms with Crippen LogP contribution in [0.1, 0.15) is 19.8 Å². The summed E-state index contributed by atoms with van der Waals surface area (Å²) in [6.07, 6.45) is 5.43. The summed E-state index contributed by atoms with van der Waals surface area (Å²) in [5, 5.41) is 17.6. The Balaban J connectivity index is -0.000000234. The molecule has 0 rings (SSSR count). The number of hydrogen-bond donors (Lipinski definition) is 2. The summed E-state index contributed by atoms with van der Waals surface area (Å²) in [6, 6.07) is 1.69. The van der Waals surface area contributed by atoms with Gasteiger partial charge in [0.05, 0.1) is 12.7 Å². The predicted molar refractivity (Wildman–Crippen MR) is 77.3 cm³/mol. The number of carbonyl (C=O) groups excluding carboxylic acids is 2. The second-order valence-electron chi connectivity index (χ2n) is 2.96. The van der Waals surface area contributed by atoms with Crippen molar-refractivity contribution in [2.75, 3.05) is 13.3 Å². The first-order valence-electron chi connectivity index (χ1n) is 5.84. The van der Waals surface area contributed by atoms with Gasteiger partial charge in [-0.05, 0) is 12.5 Å². The summed E-state index contributed by atoms with van der Waals surface area (Å²) < 4.78 is 4.67. The highest BCUT2D eigenvalue weighted by molar-refractivity contribution is 5.86. The average molecular weight is 282 g/mol. The standard InChI is InChI=1S/C7H12O2.C4H7NO2.C3H3N/c1-3-5-6-9-7(8)4-2;1-2-4(7)5-3-6;1-2-3-4/h4H,2-3,5-6H2,1H3;2,6H,1,3H2,(H,5,7);2H,1H2. The smallest absolute Gasteiger partial charge is 0.330 e. The van der Waals surface area contributed by atoms with Gasteiger partial charge in [0.2, 0.25) is 5.91 Å². The van der Waals surface area contributed by atoms with Crippen molar-refractivity contribution in [3.8, 4) is 6.07 Å². The summed E-state index contributed by atoms with van der Waals surface area (Å²) in [5.41, 5.74) is 0. The summed E-state index contributed by atoms with van der Waals surface area (Å²) >= 11 is 0. The summed E-state index contributed by atoms with van der Waals surface area (Å²) in [6.45, 7) is 11.8. The topological polar surface area (TPSA) is 99.4 Å². The molecule has 0 aromatic rings. The van der Waals surface area contributed by atoms with Gasteiger partial charge in [0.15, 0.2) is 0 Å². The molecule has 0 fully saturated rings. The highest BCUT2D eigenvalue weighted by atomic mass is 16.5. The second-order valence-corrected chi connectivity index (χ2v) is 2.96. The van der Waals surface area contributed by atoms with Crippen LogP contribution in [0.2, 0.25) is 0 Å². The molecule has 0 heterocycles. The normalized spacial score (nSPS) is 7.25. The number of esters is 1. The molecule has 0 atom stereocenters. The Morgan fingerprint density at radius 1 is 1.35 bits per heavy atom. The van der Waals surface area contributed by atoms with Gasteiger partial charge in [-0.2, -0.15) is 5.26 Å². The molecule has 2 N–H and O–H groups in total. The van der Waals surface area contributed by atoms with Crippen LogP contribution in [0.15, 0.2) is 38.0 Å². The molecule has 0 bridgehead atoms. The molecular weight excluding hydrogens is 260 g/mol. The van der Waals surface area contributed by atoms with Crippen molar-refractivity contribution in [2.45, 2.75) is 19.8 Å². The van der Waals surface area contributed by atoms with Crippen LogP contribution in [0.4, 0.5) is 0 Å². The van der Waals surface area contributed by atoms with Crippen LogP contribution in [0.3, 0.4) is 0 Å². The number of nitrogens with one attached hydrogen (secondary N) is 1. The number of hydrogen-bond acceptors (Lipinski definition) is 5. The van der Waals surface area contributed by atoms with Crippen molar-refractivity contribution >= 4 is 11.9 Å². The van der Waals surface area contributed by atoms with Crippen LogP contribution in [-0.4, -0.2) is 30.3 Å². The maximum absolute atomic E-state index is 10.3. The molecule has 0 aliphatic rings. The molecule has 0 aliphatic carbocycles. The molecule has 0 aromatic heterocycles. The predicted octanol–water partition coefficient (Wildman–Crippen LogP) is 1.45. The fourth-order valence-electron chi connectivity index (χ4n) is 0.526. The number of nitriles is 1. The van der Waals surface area contributed by atoms with E-state index in [0.717, 1.165) is 18.9 Å². The van der Waals surface area contributed by atoms with Crippen molar-refractivity contribution in [2.24, 2.45) is 0 Å². The lowest BCUT2D eigenvalue weighted by molar-refractivity contribution is -0.137. The molecule has 0 radical (unpaired) electrons. The molecule has 20 heavy (non-hydrogen) atoms. The number of aliphatic hydroxyl groups is 1. The lowest BCUT2D eigenvalue weighted by Gasteiger charge is -1.97. The van der Waals surface area contributed by atoms with E-state index in [-0.39, 0.29) is 18.6 Å². The van der Waals surface area contributed by atoms with Crippen molar-refractivity contribution in [1.29, 1.82) is 5.26 Å². The largest absolute Gasteiger partial charge is 0.463 e. The SMILES string of the molecule is C=CC#N.C=CC(=O)NCO.C=CC(=O)OCCCC. The van der Waals surface area contributed by atoms with Crippen LogP contribution in [-0.2, 0) is 14.3 Å². The van der Waals surface area contributed by atoms with Gasteiger partial charge >= 0.3 is 5.97 Å².